The van der Waals surface area contributed by atoms with Crippen LogP contribution in [0, 0.1) is 25.7 Å². The van der Waals surface area contributed by atoms with Crippen LogP contribution in [0.5, 0.6) is 0 Å². The summed E-state index contributed by atoms with van der Waals surface area (Å²) in [6.45, 7) is 21.8. The second-order valence-corrected chi connectivity index (χ2v) is 15.0. The van der Waals surface area contributed by atoms with Crippen LogP contribution in [-0.4, -0.2) is 21.1 Å². The number of carbonyl (C=O) groups is 1. The van der Waals surface area contributed by atoms with E-state index in [0.29, 0.717) is 17.2 Å². The average Bonchev–Trinajstić information content (AvgIpc) is 3.58. The minimum atomic E-state index is -0.338. The molecule has 51 heavy (non-hydrogen) atoms. The first-order valence-electron chi connectivity index (χ1n) is 19.3. The molecule has 0 saturated heterocycles. The molecule has 8 heteroatoms. The lowest BCUT2D eigenvalue weighted by Gasteiger charge is -2.12. The molecule has 1 unspecified atom stereocenters. The number of hydrogen-bond acceptors (Lipinski definition) is 6. The van der Waals surface area contributed by atoms with Gasteiger partial charge in [0.25, 0.3) is 11.5 Å². The Morgan fingerprint density at radius 1 is 0.882 bits per heavy atom. The molecule has 1 amide bonds. The molecule has 0 bridgehead atoms. The molecule has 0 spiro atoms. The van der Waals surface area contributed by atoms with Gasteiger partial charge in [-0.15, -0.1) is 11.3 Å². The van der Waals surface area contributed by atoms with Gasteiger partial charge >= 0.3 is 0 Å². The number of thiophene rings is 1. The molecule has 1 aliphatic carbocycles. The molecule has 7 nitrogen and oxygen atoms in total. The van der Waals surface area contributed by atoms with E-state index in [2.05, 4.69) is 81.2 Å². The van der Waals surface area contributed by atoms with Crippen molar-refractivity contribution in [3.05, 3.63) is 85.5 Å². The Morgan fingerprint density at radius 3 is 2.12 bits per heavy atom. The molecule has 1 aliphatic rings. The number of aromatic nitrogens is 3. The average molecular weight is 716 g/mol. The van der Waals surface area contributed by atoms with Gasteiger partial charge in [0, 0.05) is 22.3 Å². The molecular formula is C43H65N5O2S. The zero-order valence-electron chi connectivity index (χ0n) is 33.2. The van der Waals surface area contributed by atoms with Gasteiger partial charge in [0.05, 0.1) is 10.6 Å². The zero-order valence-corrected chi connectivity index (χ0v) is 34.0. The molecule has 280 valence electrons. The number of nitrogens with zero attached hydrogens (tertiary/aromatic N) is 2. The van der Waals surface area contributed by atoms with Crippen LogP contribution in [0.15, 0.2) is 53.5 Å². The minimum absolute atomic E-state index is 0.0955. The smallest absolute Gasteiger partial charge is 0.287 e. The Bertz CT molecular complexity index is 1610. The number of fused-ring (bicyclic) bond motifs is 1. The summed E-state index contributed by atoms with van der Waals surface area (Å²) >= 11 is 1.60. The molecule has 0 saturated carbocycles. The van der Waals surface area contributed by atoms with E-state index in [1.165, 1.54) is 68.2 Å². The van der Waals surface area contributed by atoms with Gasteiger partial charge in [-0.3, -0.25) is 9.59 Å². The Balaban J connectivity index is 0.000000441. The molecule has 0 aliphatic heterocycles. The summed E-state index contributed by atoms with van der Waals surface area (Å²) in [5.41, 5.74) is 5.36. The van der Waals surface area contributed by atoms with Gasteiger partial charge in [-0.1, -0.05) is 119 Å². The van der Waals surface area contributed by atoms with Crippen LogP contribution in [0.4, 0.5) is 17.2 Å². The van der Waals surface area contributed by atoms with Crippen molar-refractivity contribution in [3.8, 4) is 11.3 Å². The number of benzene rings is 1. The maximum atomic E-state index is 13.0. The highest BCUT2D eigenvalue weighted by atomic mass is 32.1. The molecule has 5 rings (SSSR count). The third kappa shape index (κ3) is 14.8. The molecule has 0 fully saturated rings. The number of pyridine rings is 1. The number of rotatable bonds is 11. The largest absolute Gasteiger partial charge is 0.336 e. The first kappa shape index (κ1) is 43.4. The highest BCUT2D eigenvalue weighted by Crippen LogP contribution is 2.32. The summed E-state index contributed by atoms with van der Waals surface area (Å²) in [4.78, 5) is 31.7. The predicted octanol–water partition coefficient (Wildman–Crippen LogP) is 12.5. The number of aromatic amines is 1. The summed E-state index contributed by atoms with van der Waals surface area (Å²) in [6.07, 6.45) is 15.7. The van der Waals surface area contributed by atoms with Crippen LogP contribution < -0.4 is 16.2 Å². The van der Waals surface area contributed by atoms with Gasteiger partial charge in [-0.05, 0) is 92.3 Å². The van der Waals surface area contributed by atoms with E-state index in [0.717, 1.165) is 51.9 Å². The second kappa shape index (κ2) is 23.6. The van der Waals surface area contributed by atoms with Crippen LogP contribution in [0.2, 0.25) is 0 Å². The van der Waals surface area contributed by atoms with E-state index in [1.807, 2.05) is 50.2 Å². The zero-order chi connectivity index (χ0) is 37.8. The minimum Gasteiger partial charge on any atom is -0.336 e. The lowest BCUT2D eigenvalue weighted by molar-refractivity contribution is 0.103. The van der Waals surface area contributed by atoms with Crippen molar-refractivity contribution in [1.82, 2.24) is 15.2 Å². The van der Waals surface area contributed by atoms with Crippen molar-refractivity contribution in [2.45, 2.75) is 140 Å². The standard InChI is InChI=1S/C26H25N5O2S.C7H16.C6H14.C4H10/c1-15-10-11-24(27-14-15)28-21-13-20(30-31-25(21)32)18-7-5-8-19(16(18)2)29-26(33)23-12-17-6-3-4-9-22(17)34-23;1-5-7(4)6(2)3;1-3-5-6-4-2;1-3-4-2/h5,7-8,10-14H,3-4,6,9H2,1-2H3,(H,29,33)(H,31,32)(H,27,28,30);6-7H,5H2,1-4H3;3-6H2,1-2H3;3-4H2,1-2H3. The topological polar surface area (TPSA) is 99.8 Å². The lowest BCUT2D eigenvalue weighted by atomic mass is 9.96. The number of carbonyl (C=O) groups excluding carboxylic acids is 1. The van der Waals surface area contributed by atoms with Gasteiger partial charge in [-0.25, -0.2) is 10.1 Å². The van der Waals surface area contributed by atoms with Crippen LogP contribution in [-0.2, 0) is 12.8 Å². The molecule has 1 atom stereocenters. The number of amides is 1. The molecular weight excluding hydrogens is 651 g/mol. The van der Waals surface area contributed by atoms with Crippen LogP contribution in [0.3, 0.4) is 0 Å². The van der Waals surface area contributed by atoms with E-state index in [-0.39, 0.29) is 11.5 Å². The lowest BCUT2D eigenvalue weighted by Crippen LogP contribution is -2.14. The van der Waals surface area contributed by atoms with E-state index in [4.69, 9.17) is 0 Å². The van der Waals surface area contributed by atoms with Crippen molar-refractivity contribution < 1.29 is 4.79 Å². The van der Waals surface area contributed by atoms with E-state index < -0.39 is 0 Å². The Hall–Kier alpha value is -3.78. The quantitative estimate of drug-likeness (QED) is 0.134. The van der Waals surface area contributed by atoms with Crippen molar-refractivity contribution >= 4 is 34.4 Å². The Kier molecular flexibility index (Phi) is 20.1. The SMILES string of the molecule is CCC(C)C(C)C.CCCC.CCCCCC.Cc1ccc(Nc2cc(-c3cccc(NC(=O)c4cc5c(s4)CCCC5)c3C)n[nH]c2=O)nc1. The van der Waals surface area contributed by atoms with Gasteiger partial charge in [-0.2, -0.15) is 5.10 Å². The number of anilines is 3. The van der Waals surface area contributed by atoms with Crippen LogP contribution in [0.25, 0.3) is 11.3 Å². The first-order chi connectivity index (χ1) is 24.5. The summed E-state index contributed by atoms with van der Waals surface area (Å²) in [5, 5.41) is 12.9. The summed E-state index contributed by atoms with van der Waals surface area (Å²) in [6, 6.07) is 13.1. The van der Waals surface area contributed by atoms with Crippen LogP contribution >= 0.6 is 11.3 Å². The fourth-order valence-corrected chi connectivity index (χ4v) is 6.27. The maximum absolute atomic E-state index is 13.0. The van der Waals surface area contributed by atoms with E-state index in [9.17, 15) is 9.59 Å². The molecule has 4 aromatic rings. The number of unbranched alkanes of at least 4 members (excludes halogenated alkanes) is 4. The van der Waals surface area contributed by atoms with E-state index >= 15 is 0 Å². The predicted molar refractivity (Wildman–Crippen MR) is 221 cm³/mol. The summed E-state index contributed by atoms with van der Waals surface area (Å²) in [5.74, 6) is 2.25. The van der Waals surface area contributed by atoms with Gasteiger partial charge < -0.3 is 10.6 Å². The third-order valence-electron chi connectivity index (χ3n) is 9.30. The van der Waals surface area contributed by atoms with Crippen molar-refractivity contribution in [1.29, 1.82) is 0 Å². The monoisotopic (exact) mass is 715 g/mol. The highest BCUT2D eigenvalue weighted by Gasteiger charge is 2.19. The van der Waals surface area contributed by atoms with Crippen molar-refractivity contribution in [2.75, 3.05) is 10.6 Å². The van der Waals surface area contributed by atoms with Crippen LogP contribution in [0.1, 0.15) is 144 Å². The molecule has 3 N–H and O–H groups in total. The number of aryl methyl sites for hydroxylation is 3. The molecule has 0 radical (unpaired) electrons. The van der Waals surface area contributed by atoms with Gasteiger partial charge in [0.1, 0.15) is 11.5 Å². The fraction of sp³-hybridized carbons (Fsp3) is 0.535. The molecule has 1 aromatic carbocycles. The van der Waals surface area contributed by atoms with Crippen molar-refractivity contribution in [3.63, 3.8) is 0 Å². The maximum Gasteiger partial charge on any atom is 0.287 e. The summed E-state index contributed by atoms with van der Waals surface area (Å²) in [7, 11) is 0. The summed E-state index contributed by atoms with van der Waals surface area (Å²) < 4.78 is 0. The fourth-order valence-electron chi connectivity index (χ4n) is 5.12. The normalized spacial score (nSPS) is 12.2. The first-order valence-corrected chi connectivity index (χ1v) is 20.1. The van der Waals surface area contributed by atoms with E-state index in [1.54, 1.807) is 23.6 Å². The number of nitrogens with one attached hydrogen (secondary N) is 3. The number of H-pyrrole nitrogens is 1. The third-order valence-corrected chi connectivity index (χ3v) is 10.5. The highest BCUT2D eigenvalue weighted by molar-refractivity contribution is 7.14. The van der Waals surface area contributed by atoms with Gasteiger partial charge in [0.15, 0.2) is 0 Å². The van der Waals surface area contributed by atoms with Crippen molar-refractivity contribution in [2.24, 2.45) is 11.8 Å². The Labute approximate surface area is 312 Å². The Morgan fingerprint density at radius 2 is 1.57 bits per heavy atom. The van der Waals surface area contributed by atoms with Gasteiger partial charge in [0.2, 0.25) is 0 Å². The second-order valence-electron chi connectivity index (χ2n) is 13.9. The molecule has 3 heterocycles. The molecule has 3 aromatic heterocycles. The number of hydrogen-bond donors (Lipinski definition) is 3.